The SMILES string of the molecule is CCc1csc(NCc2nn[nH]n2)n1. The van der Waals surface area contributed by atoms with Gasteiger partial charge in [0.2, 0.25) is 0 Å². The molecular weight excluding hydrogens is 200 g/mol. The van der Waals surface area contributed by atoms with Crippen molar-refractivity contribution >= 4 is 16.5 Å². The Kier molecular flexibility index (Phi) is 2.68. The maximum atomic E-state index is 4.35. The molecule has 0 fully saturated rings. The summed E-state index contributed by atoms with van der Waals surface area (Å²) in [5, 5.41) is 19.6. The molecule has 74 valence electrons. The predicted octanol–water partition coefficient (Wildman–Crippen LogP) is 0.831. The minimum atomic E-state index is 0.549. The lowest BCUT2D eigenvalue weighted by Crippen LogP contribution is -2.01. The Hall–Kier alpha value is -1.50. The van der Waals surface area contributed by atoms with Crippen molar-refractivity contribution in [2.75, 3.05) is 5.32 Å². The summed E-state index contributed by atoms with van der Waals surface area (Å²) >= 11 is 1.59. The second-order valence-corrected chi connectivity index (χ2v) is 3.54. The van der Waals surface area contributed by atoms with Crippen LogP contribution in [0.3, 0.4) is 0 Å². The maximum Gasteiger partial charge on any atom is 0.193 e. The van der Waals surface area contributed by atoms with E-state index in [1.54, 1.807) is 11.3 Å². The lowest BCUT2D eigenvalue weighted by molar-refractivity contribution is 0.881. The highest BCUT2D eigenvalue weighted by Gasteiger charge is 2.01. The molecule has 0 amide bonds. The second kappa shape index (κ2) is 4.14. The van der Waals surface area contributed by atoms with Crippen molar-refractivity contribution in [1.82, 2.24) is 25.6 Å². The molecule has 2 N–H and O–H groups in total. The Morgan fingerprint density at radius 1 is 1.57 bits per heavy atom. The van der Waals surface area contributed by atoms with Crippen molar-refractivity contribution in [3.8, 4) is 0 Å². The van der Waals surface area contributed by atoms with Gasteiger partial charge in [0.15, 0.2) is 11.0 Å². The molecule has 0 saturated heterocycles. The highest BCUT2D eigenvalue weighted by atomic mass is 32.1. The minimum Gasteiger partial charge on any atom is -0.354 e. The summed E-state index contributed by atoms with van der Waals surface area (Å²) in [6, 6.07) is 0. The van der Waals surface area contributed by atoms with Gasteiger partial charge in [-0.15, -0.1) is 21.5 Å². The van der Waals surface area contributed by atoms with Crippen molar-refractivity contribution in [3.05, 3.63) is 16.9 Å². The summed E-state index contributed by atoms with van der Waals surface area (Å²) in [5.41, 5.74) is 1.10. The molecule has 0 atom stereocenters. The first-order valence-corrected chi connectivity index (χ1v) is 5.17. The number of nitrogens with zero attached hydrogens (tertiary/aromatic N) is 4. The lowest BCUT2D eigenvalue weighted by Gasteiger charge is -1.95. The normalized spacial score (nSPS) is 10.4. The van der Waals surface area contributed by atoms with E-state index in [2.05, 4.69) is 37.8 Å². The number of hydrogen-bond donors (Lipinski definition) is 2. The fourth-order valence-corrected chi connectivity index (χ4v) is 1.76. The number of aromatic amines is 1. The van der Waals surface area contributed by atoms with Gasteiger partial charge in [0.05, 0.1) is 12.2 Å². The van der Waals surface area contributed by atoms with Crippen molar-refractivity contribution < 1.29 is 0 Å². The molecular formula is C7H10N6S. The van der Waals surface area contributed by atoms with Crippen LogP contribution >= 0.6 is 11.3 Å². The van der Waals surface area contributed by atoms with Crippen LogP contribution in [0.4, 0.5) is 5.13 Å². The monoisotopic (exact) mass is 210 g/mol. The molecule has 0 radical (unpaired) electrons. The summed E-state index contributed by atoms with van der Waals surface area (Å²) in [7, 11) is 0. The summed E-state index contributed by atoms with van der Waals surface area (Å²) in [5.74, 6) is 0.637. The van der Waals surface area contributed by atoms with Crippen LogP contribution in [0.5, 0.6) is 0 Å². The zero-order valence-electron chi connectivity index (χ0n) is 7.69. The molecule has 2 heterocycles. The van der Waals surface area contributed by atoms with Crippen molar-refractivity contribution in [2.45, 2.75) is 19.9 Å². The Morgan fingerprint density at radius 2 is 2.50 bits per heavy atom. The number of thiazole rings is 1. The number of tetrazole rings is 1. The van der Waals surface area contributed by atoms with E-state index in [4.69, 9.17) is 0 Å². The third-order valence-corrected chi connectivity index (χ3v) is 2.55. The van der Waals surface area contributed by atoms with Crippen LogP contribution < -0.4 is 5.32 Å². The van der Waals surface area contributed by atoms with Gasteiger partial charge in [-0.25, -0.2) is 4.98 Å². The third-order valence-electron chi connectivity index (χ3n) is 1.70. The zero-order chi connectivity index (χ0) is 9.80. The van der Waals surface area contributed by atoms with Crippen LogP contribution in [-0.4, -0.2) is 25.6 Å². The van der Waals surface area contributed by atoms with Gasteiger partial charge in [-0.3, -0.25) is 0 Å². The van der Waals surface area contributed by atoms with E-state index < -0.39 is 0 Å². The number of nitrogens with one attached hydrogen (secondary N) is 2. The van der Waals surface area contributed by atoms with Gasteiger partial charge in [-0.1, -0.05) is 12.1 Å². The Bertz CT molecular complexity index is 381. The number of aryl methyl sites for hydroxylation is 1. The molecule has 6 nitrogen and oxygen atoms in total. The predicted molar refractivity (Wildman–Crippen MR) is 53.0 cm³/mol. The van der Waals surface area contributed by atoms with Crippen LogP contribution in [0.2, 0.25) is 0 Å². The number of aromatic nitrogens is 5. The van der Waals surface area contributed by atoms with Gasteiger partial charge in [-0.05, 0) is 6.42 Å². The van der Waals surface area contributed by atoms with E-state index in [1.807, 2.05) is 5.38 Å². The molecule has 2 rings (SSSR count). The highest BCUT2D eigenvalue weighted by Crippen LogP contribution is 2.15. The van der Waals surface area contributed by atoms with E-state index in [-0.39, 0.29) is 0 Å². The van der Waals surface area contributed by atoms with Crippen LogP contribution in [0.15, 0.2) is 5.38 Å². The fourth-order valence-electron chi connectivity index (χ4n) is 0.963. The van der Waals surface area contributed by atoms with Gasteiger partial charge in [0.25, 0.3) is 0 Å². The van der Waals surface area contributed by atoms with Crippen LogP contribution in [0.1, 0.15) is 18.4 Å². The number of H-pyrrole nitrogens is 1. The topological polar surface area (TPSA) is 79.4 Å². The van der Waals surface area contributed by atoms with Crippen LogP contribution in [0, 0.1) is 0 Å². The molecule has 0 aliphatic rings. The average Bonchev–Trinajstić information content (AvgIpc) is 2.86. The Balaban J connectivity index is 1.92. The number of hydrogen-bond acceptors (Lipinski definition) is 6. The molecule has 2 aromatic heterocycles. The first kappa shape index (κ1) is 9.07. The first-order chi connectivity index (χ1) is 6.88. The van der Waals surface area contributed by atoms with E-state index in [1.165, 1.54) is 0 Å². The number of anilines is 1. The Morgan fingerprint density at radius 3 is 3.14 bits per heavy atom. The summed E-state index contributed by atoms with van der Waals surface area (Å²) in [6.45, 7) is 2.63. The largest absolute Gasteiger partial charge is 0.354 e. The maximum absolute atomic E-state index is 4.35. The van der Waals surface area contributed by atoms with Gasteiger partial charge in [0.1, 0.15) is 0 Å². The van der Waals surface area contributed by atoms with E-state index in [0.29, 0.717) is 12.4 Å². The Labute approximate surface area is 84.8 Å². The molecule has 7 heteroatoms. The molecule has 0 aliphatic carbocycles. The minimum absolute atomic E-state index is 0.549. The van der Waals surface area contributed by atoms with Gasteiger partial charge >= 0.3 is 0 Å². The quantitative estimate of drug-likeness (QED) is 0.781. The van der Waals surface area contributed by atoms with E-state index in [0.717, 1.165) is 17.2 Å². The van der Waals surface area contributed by atoms with Crippen LogP contribution in [-0.2, 0) is 13.0 Å². The molecule has 0 saturated carbocycles. The molecule has 14 heavy (non-hydrogen) atoms. The summed E-state index contributed by atoms with van der Waals surface area (Å²) in [4.78, 5) is 4.35. The first-order valence-electron chi connectivity index (χ1n) is 4.29. The van der Waals surface area contributed by atoms with E-state index in [9.17, 15) is 0 Å². The second-order valence-electron chi connectivity index (χ2n) is 2.68. The molecule has 0 unspecified atom stereocenters. The molecule has 0 bridgehead atoms. The smallest absolute Gasteiger partial charge is 0.193 e. The van der Waals surface area contributed by atoms with Gasteiger partial charge < -0.3 is 5.32 Å². The van der Waals surface area contributed by atoms with Gasteiger partial charge in [0, 0.05) is 5.38 Å². The molecule has 0 aromatic carbocycles. The highest BCUT2D eigenvalue weighted by molar-refractivity contribution is 7.13. The van der Waals surface area contributed by atoms with Crippen molar-refractivity contribution in [1.29, 1.82) is 0 Å². The third kappa shape index (κ3) is 2.05. The van der Waals surface area contributed by atoms with Crippen LogP contribution in [0.25, 0.3) is 0 Å². The van der Waals surface area contributed by atoms with Gasteiger partial charge in [-0.2, -0.15) is 5.21 Å². The molecule has 0 aliphatic heterocycles. The lowest BCUT2D eigenvalue weighted by atomic mass is 10.4. The number of rotatable bonds is 4. The fraction of sp³-hybridized carbons (Fsp3) is 0.429. The standard InChI is InChI=1S/C7H10N6S/c1-2-5-4-14-7(9-5)8-3-6-10-12-13-11-6/h4H,2-3H2,1H3,(H,8,9)(H,10,11,12,13). The zero-order valence-corrected chi connectivity index (χ0v) is 8.51. The van der Waals surface area contributed by atoms with Crippen molar-refractivity contribution in [3.63, 3.8) is 0 Å². The summed E-state index contributed by atoms with van der Waals surface area (Å²) < 4.78 is 0. The average molecular weight is 210 g/mol. The molecule has 0 spiro atoms. The van der Waals surface area contributed by atoms with Crippen molar-refractivity contribution in [2.24, 2.45) is 0 Å². The molecule has 2 aromatic rings. The summed E-state index contributed by atoms with van der Waals surface area (Å²) in [6.07, 6.45) is 0.959. The van der Waals surface area contributed by atoms with E-state index >= 15 is 0 Å².